The lowest BCUT2D eigenvalue weighted by Crippen LogP contribution is -2.38. The second kappa shape index (κ2) is 8.99. The van der Waals surface area contributed by atoms with Gasteiger partial charge in [0.1, 0.15) is 17.2 Å². The van der Waals surface area contributed by atoms with Crippen molar-refractivity contribution in [3.63, 3.8) is 0 Å². The van der Waals surface area contributed by atoms with Gasteiger partial charge in [0.15, 0.2) is 0 Å². The third-order valence-corrected chi connectivity index (χ3v) is 6.87. The number of nitrogens with two attached hydrogens (primary N) is 1. The Hall–Kier alpha value is -3.83. The van der Waals surface area contributed by atoms with Crippen LogP contribution in [0.4, 0.5) is 23.2 Å². The van der Waals surface area contributed by atoms with Gasteiger partial charge in [-0.3, -0.25) is 4.79 Å². The number of anilines is 1. The minimum absolute atomic E-state index is 0.0796. The van der Waals surface area contributed by atoms with Crippen molar-refractivity contribution >= 4 is 28.3 Å². The number of piperidine rings is 1. The van der Waals surface area contributed by atoms with E-state index in [1.165, 1.54) is 12.3 Å². The Labute approximate surface area is 202 Å². The molecule has 1 aliphatic heterocycles. The number of aromatic amines is 1. The molecule has 5 rings (SSSR count). The Bertz CT molecular complexity index is 1360. The number of nitrogens with zero attached hydrogens (tertiary/aromatic N) is 3. The number of oxime groups is 1. The van der Waals surface area contributed by atoms with Gasteiger partial charge in [-0.05, 0) is 49.3 Å². The van der Waals surface area contributed by atoms with E-state index in [0.717, 1.165) is 23.4 Å². The van der Waals surface area contributed by atoms with Gasteiger partial charge < -0.3 is 25.6 Å². The van der Waals surface area contributed by atoms with Crippen LogP contribution in [0.15, 0.2) is 29.6 Å². The number of nitrogen functional groups attached to an aromatic ring is 1. The summed E-state index contributed by atoms with van der Waals surface area (Å²) < 4.78 is 56.3. The van der Waals surface area contributed by atoms with Crippen molar-refractivity contribution in [2.45, 2.75) is 44.4 Å². The van der Waals surface area contributed by atoms with Crippen molar-refractivity contribution < 1.29 is 32.3 Å². The molecular weight excluding hydrogens is 482 g/mol. The van der Waals surface area contributed by atoms with E-state index in [0.29, 0.717) is 67.5 Å². The molecule has 0 bridgehead atoms. The lowest BCUT2D eigenvalue weighted by molar-refractivity contribution is -0.274. The Morgan fingerprint density at radius 3 is 2.67 bits per heavy atom. The molecule has 190 valence electrons. The monoisotopic (exact) mass is 505 g/mol. The second-order valence-corrected chi connectivity index (χ2v) is 9.03. The van der Waals surface area contributed by atoms with E-state index in [1.54, 1.807) is 4.90 Å². The summed E-state index contributed by atoms with van der Waals surface area (Å²) in [7, 11) is 0. The molecule has 1 saturated heterocycles. The van der Waals surface area contributed by atoms with Gasteiger partial charge in [-0.2, -0.15) is 0 Å². The average molecular weight is 505 g/mol. The average Bonchev–Trinajstić information content (AvgIpc) is 3.20. The zero-order valence-electron chi connectivity index (χ0n) is 19.0. The third kappa shape index (κ3) is 4.42. The Morgan fingerprint density at radius 1 is 1.25 bits per heavy atom. The summed E-state index contributed by atoms with van der Waals surface area (Å²) in [6.45, 7) is 0.645. The maximum absolute atomic E-state index is 15.1. The predicted octanol–water partition coefficient (Wildman–Crippen LogP) is 4.52. The van der Waals surface area contributed by atoms with Crippen LogP contribution in [-0.4, -0.2) is 51.1 Å². The number of carbonyl (C=O) groups is 1. The summed E-state index contributed by atoms with van der Waals surface area (Å²) in [5, 5.41) is 13.3. The van der Waals surface area contributed by atoms with Crippen molar-refractivity contribution in [3.8, 4) is 5.75 Å². The number of hydrogen-bond donors (Lipinski definition) is 3. The van der Waals surface area contributed by atoms with E-state index >= 15 is 4.39 Å². The number of fused-ring (bicyclic) bond motifs is 3. The number of aromatic nitrogens is 2. The highest BCUT2D eigenvalue weighted by Gasteiger charge is 2.33. The highest BCUT2D eigenvalue weighted by Crippen LogP contribution is 2.39. The summed E-state index contributed by atoms with van der Waals surface area (Å²) in [4.78, 5) is 22.1. The molecule has 0 saturated carbocycles. The number of aryl methyl sites for hydroxylation is 1. The molecule has 1 fully saturated rings. The van der Waals surface area contributed by atoms with E-state index in [-0.39, 0.29) is 17.2 Å². The molecule has 3 aromatic rings. The molecule has 3 heterocycles. The van der Waals surface area contributed by atoms with Gasteiger partial charge in [0, 0.05) is 47.9 Å². The van der Waals surface area contributed by atoms with Crippen LogP contribution >= 0.6 is 0 Å². The number of ether oxygens (including phenoxy) is 1. The van der Waals surface area contributed by atoms with E-state index in [9.17, 15) is 23.2 Å². The number of H-pyrrole nitrogens is 1. The minimum atomic E-state index is -4.86. The number of amides is 1. The standard InChI is InChI=1S/C24H23F4N5O3/c25-17-11-30-22-21(16-9-13(32-35)1-4-19(16)31-22)20(17)12-5-7-33(8-6-12)23(34)15-3-2-14(10-18(15)29)36-24(26,27)28/h2-3,10-12,35H,1,4-9,29H2,(H,30,31)/b32-13-. The van der Waals surface area contributed by atoms with Crippen molar-refractivity contribution in [2.24, 2.45) is 5.16 Å². The number of rotatable bonds is 3. The number of halogens is 4. The van der Waals surface area contributed by atoms with Crippen molar-refractivity contribution in [2.75, 3.05) is 18.8 Å². The molecule has 1 amide bonds. The SMILES string of the molecule is Nc1cc(OC(F)(F)F)ccc1C(=O)N1CCC(c2c(F)cnc3[nH]c4c(c23)C/C(=N\O)CC4)CC1. The summed E-state index contributed by atoms with van der Waals surface area (Å²) >= 11 is 0. The summed E-state index contributed by atoms with van der Waals surface area (Å²) in [5.41, 5.74) is 9.40. The van der Waals surface area contributed by atoms with Crippen LogP contribution in [0.1, 0.15) is 52.4 Å². The number of nitrogens with one attached hydrogen (secondary N) is 1. The van der Waals surface area contributed by atoms with Crippen LogP contribution in [0, 0.1) is 5.82 Å². The van der Waals surface area contributed by atoms with Crippen LogP contribution in [0.25, 0.3) is 11.0 Å². The first-order valence-corrected chi connectivity index (χ1v) is 11.5. The third-order valence-electron chi connectivity index (χ3n) is 6.87. The smallest absolute Gasteiger partial charge is 0.411 e. The normalized spacial score (nSPS) is 18.0. The molecule has 36 heavy (non-hydrogen) atoms. The molecule has 1 aliphatic carbocycles. The summed E-state index contributed by atoms with van der Waals surface area (Å²) in [6, 6.07) is 3.23. The molecule has 8 nitrogen and oxygen atoms in total. The van der Waals surface area contributed by atoms with Crippen molar-refractivity contribution in [3.05, 3.63) is 52.6 Å². The molecule has 0 atom stereocenters. The molecule has 2 aliphatic rings. The van der Waals surface area contributed by atoms with E-state index in [1.807, 2.05) is 0 Å². The van der Waals surface area contributed by atoms with E-state index in [2.05, 4.69) is 19.9 Å². The lowest BCUT2D eigenvalue weighted by Gasteiger charge is -2.33. The maximum atomic E-state index is 15.1. The topological polar surface area (TPSA) is 117 Å². The Morgan fingerprint density at radius 2 is 2.00 bits per heavy atom. The fraction of sp³-hybridized carbons (Fsp3) is 0.375. The zero-order chi connectivity index (χ0) is 25.6. The maximum Gasteiger partial charge on any atom is 0.573 e. The minimum Gasteiger partial charge on any atom is -0.411 e. The van der Waals surface area contributed by atoms with Gasteiger partial charge in [-0.1, -0.05) is 5.16 Å². The first-order valence-electron chi connectivity index (χ1n) is 11.5. The van der Waals surface area contributed by atoms with Crippen LogP contribution in [0.3, 0.4) is 0 Å². The number of carbonyl (C=O) groups excluding carboxylic acids is 1. The first-order chi connectivity index (χ1) is 17.1. The van der Waals surface area contributed by atoms with Crippen molar-refractivity contribution in [1.82, 2.24) is 14.9 Å². The van der Waals surface area contributed by atoms with E-state index in [4.69, 9.17) is 5.73 Å². The predicted molar refractivity (Wildman–Crippen MR) is 123 cm³/mol. The Balaban J connectivity index is 1.35. The second-order valence-electron chi connectivity index (χ2n) is 9.03. The molecule has 1 aromatic carbocycles. The molecule has 0 unspecified atom stereocenters. The van der Waals surface area contributed by atoms with Gasteiger partial charge in [0.05, 0.1) is 17.5 Å². The summed E-state index contributed by atoms with van der Waals surface area (Å²) in [5.74, 6) is -1.51. The molecule has 0 spiro atoms. The quantitative estimate of drug-likeness (QED) is 0.209. The van der Waals surface area contributed by atoms with Crippen LogP contribution in [0.5, 0.6) is 5.75 Å². The lowest BCUT2D eigenvalue weighted by atomic mass is 9.84. The van der Waals surface area contributed by atoms with Gasteiger partial charge in [0.25, 0.3) is 5.91 Å². The number of likely N-dealkylation sites (tertiary alicyclic amines) is 1. The molecule has 4 N–H and O–H groups in total. The Kier molecular flexibility index (Phi) is 5.97. The molecular formula is C24H23F4N5O3. The van der Waals surface area contributed by atoms with Gasteiger partial charge in [-0.15, -0.1) is 13.2 Å². The highest BCUT2D eigenvalue weighted by atomic mass is 19.4. The highest BCUT2D eigenvalue weighted by molar-refractivity contribution is 5.99. The van der Waals surface area contributed by atoms with Gasteiger partial charge >= 0.3 is 6.36 Å². The number of benzene rings is 1. The largest absolute Gasteiger partial charge is 0.573 e. The number of pyridine rings is 1. The fourth-order valence-electron chi connectivity index (χ4n) is 5.20. The first kappa shape index (κ1) is 23.9. The number of hydrogen-bond acceptors (Lipinski definition) is 6. The van der Waals surface area contributed by atoms with Crippen LogP contribution in [0.2, 0.25) is 0 Å². The van der Waals surface area contributed by atoms with Crippen LogP contribution in [-0.2, 0) is 12.8 Å². The van der Waals surface area contributed by atoms with Crippen LogP contribution < -0.4 is 10.5 Å². The molecule has 12 heteroatoms. The molecule has 2 aromatic heterocycles. The zero-order valence-corrected chi connectivity index (χ0v) is 19.0. The fourth-order valence-corrected chi connectivity index (χ4v) is 5.20. The molecule has 0 radical (unpaired) electrons. The summed E-state index contributed by atoms with van der Waals surface area (Å²) in [6.07, 6.45) is -1.03. The van der Waals surface area contributed by atoms with Crippen molar-refractivity contribution in [1.29, 1.82) is 0 Å². The van der Waals surface area contributed by atoms with Gasteiger partial charge in [-0.25, -0.2) is 9.37 Å². The number of alkyl halides is 3. The van der Waals surface area contributed by atoms with E-state index < -0.39 is 23.8 Å². The van der Waals surface area contributed by atoms with Gasteiger partial charge in [0.2, 0.25) is 0 Å².